The van der Waals surface area contributed by atoms with E-state index in [1.165, 1.54) is 6.33 Å². The second-order valence-electron chi connectivity index (χ2n) is 4.32. The second-order valence-corrected chi connectivity index (χ2v) is 4.32. The number of nitrogen functional groups attached to an aromatic ring is 1. The molecule has 1 aromatic rings. The number of nitrogens with zero attached hydrogens (tertiary/aromatic N) is 3. The highest BCUT2D eigenvalue weighted by Crippen LogP contribution is 2.17. The van der Waals surface area contributed by atoms with E-state index < -0.39 is 0 Å². The first-order chi connectivity index (χ1) is 8.81. The SMILES string of the molecule is CCc1c(N)ncnc1NCCN1CCOCC1. The fraction of sp³-hybridized carbons (Fsp3) is 0.667. The molecule has 0 bridgehead atoms. The standard InChI is InChI=1S/C12H21N5O/c1-2-10-11(13)15-9-16-12(10)14-3-4-17-5-7-18-8-6-17/h9H,2-8H2,1H3,(H3,13,14,15,16). The molecular formula is C12H21N5O. The molecule has 18 heavy (non-hydrogen) atoms. The highest BCUT2D eigenvalue weighted by atomic mass is 16.5. The number of hydrogen-bond donors (Lipinski definition) is 2. The number of ether oxygens (including phenoxy) is 1. The maximum Gasteiger partial charge on any atom is 0.134 e. The van der Waals surface area contributed by atoms with E-state index in [9.17, 15) is 0 Å². The number of hydrogen-bond acceptors (Lipinski definition) is 6. The maximum absolute atomic E-state index is 5.83. The summed E-state index contributed by atoms with van der Waals surface area (Å²) < 4.78 is 5.32. The van der Waals surface area contributed by atoms with Crippen LogP contribution < -0.4 is 11.1 Å². The second kappa shape index (κ2) is 6.51. The molecule has 6 heteroatoms. The van der Waals surface area contributed by atoms with Crippen LogP contribution in [0.4, 0.5) is 11.6 Å². The van der Waals surface area contributed by atoms with Gasteiger partial charge in [0.15, 0.2) is 0 Å². The minimum absolute atomic E-state index is 0.571. The lowest BCUT2D eigenvalue weighted by molar-refractivity contribution is 0.0398. The topological polar surface area (TPSA) is 76.3 Å². The molecule has 0 amide bonds. The normalized spacial score (nSPS) is 16.7. The van der Waals surface area contributed by atoms with Gasteiger partial charge in [-0.1, -0.05) is 6.92 Å². The van der Waals surface area contributed by atoms with Crippen LogP contribution in [0.5, 0.6) is 0 Å². The van der Waals surface area contributed by atoms with Crippen molar-refractivity contribution in [2.24, 2.45) is 0 Å². The van der Waals surface area contributed by atoms with Gasteiger partial charge in [0, 0.05) is 31.7 Å². The Labute approximate surface area is 108 Å². The van der Waals surface area contributed by atoms with Gasteiger partial charge in [-0.2, -0.15) is 0 Å². The van der Waals surface area contributed by atoms with Crippen LogP contribution in [-0.4, -0.2) is 54.3 Å². The molecule has 0 atom stereocenters. The lowest BCUT2D eigenvalue weighted by atomic mass is 10.2. The molecule has 0 saturated carbocycles. The van der Waals surface area contributed by atoms with Crippen molar-refractivity contribution in [2.75, 3.05) is 50.4 Å². The van der Waals surface area contributed by atoms with E-state index in [2.05, 4.69) is 27.1 Å². The molecule has 1 aliphatic heterocycles. The lowest BCUT2D eigenvalue weighted by Gasteiger charge is -2.26. The third-order valence-electron chi connectivity index (χ3n) is 3.16. The van der Waals surface area contributed by atoms with E-state index in [1.807, 2.05) is 0 Å². The van der Waals surface area contributed by atoms with Crippen LogP contribution in [0.1, 0.15) is 12.5 Å². The van der Waals surface area contributed by atoms with Gasteiger partial charge >= 0.3 is 0 Å². The Morgan fingerprint density at radius 2 is 2.17 bits per heavy atom. The van der Waals surface area contributed by atoms with Gasteiger partial charge in [0.05, 0.1) is 13.2 Å². The van der Waals surface area contributed by atoms with E-state index in [-0.39, 0.29) is 0 Å². The average Bonchev–Trinajstić information content (AvgIpc) is 2.40. The minimum atomic E-state index is 0.571. The minimum Gasteiger partial charge on any atom is -0.383 e. The Balaban J connectivity index is 1.84. The Hall–Kier alpha value is -1.40. The van der Waals surface area contributed by atoms with Crippen LogP contribution in [0.25, 0.3) is 0 Å². The zero-order chi connectivity index (χ0) is 12.8. The number of anilines is 2. The van der Waals surface area contributed by atoms with Crippen LogP contribution in [0, 0.1) is 0 Å². The fourth-order valence-electron chi connectivity index (χ4n) is 2.08. The first kappa shape index (κ1) is 13.0. The summed E-state index contributed by atoms with van der Waals surface area (Å²) in [6.45, 7) is 7.60. The van der Waals surface area contributed by atoms with Gasteiger partial charge in [-0.3, -0.25) is 4.90 Å². The molecule has 0 radical (unpaired) electrons. The average molecular weight is 251 g/mol. The van der Waals surface area contributed by atoms with E-state index >= 15 is 0 Å². The predicted molar refractivity (Wildman–Crippen MR) is 71.6 cm³/mol. The first-order valence-corrected chi connectivity index (χ1v) is 6.44. The van der Waals surface area contributed by atoms with E-state index in [0.29, 0.717) is 5.82 Å². The number of nitrogens with one attached hydrogen (secondary N) is 1. The summed E-state index contributed by atoms with van der Waals surface area (Å²) in [5.74, 6) is 1.43. The smallest absolute Gasteiger partial charge is 0.134 e. The molecule has 3 N–H and O–H groups in total. The molecule has 1 aliphatic rings. The number of nitrogens with two attached hydrogens (primary N) is 1. The molecule has 2 rings (SSSR count). The van der Waals surface area contributed by atoms with Crippen molar-refractivity contribution < 1.29 is 4.74 Å². The summed E-state index contributed by atoms with van der Waals surface area (Å²) in [6.07, 6.45) is 2.35. The van der Waals surface area contributed by atoms with Gasteiger partial charge in [-0.25, -0.2) is 9.97 Å². The fourth-order valence-corrected chi connectivity index (χ4v) is 2.08. The first-order valence-electron chi connectivity index (χ1n) is 6.44. The summed E-state index contributed by atoms with van der Waals surface area (Å²) in [5.41, 5.74) is 6.83. The van der Waals surface area contributed by atoms with Gasteiger partial charge < -0.3 is 15.8 Å². The summed E-state index contributed by atoms with van der Waals surface area (Å²) in [6, 6.07) is 0. The Bertz CT molecular complexity index is 379. The molecule has 2 heterocycles. The van der Waals surface area contributed by atoms with Crippen LogP contribution >= 0.6 is 0 Å². The van der Waals surface area contributed by atoms with Gasteiger partial charge in [0.1, 0.15) is 18.0 Å². The maximum atomic E-state index is 5.83. The monoisotopic (exact) mass is 251 g/mol. The van der Waals surface area contributed by atoms with E-state index in [0.717, 1.165) is 57.2 Å². The number of rotatable bonds is 5. The third kappa shape index (κ3) is 3.30. The van der Waals surface area contributed by atoms with Crippen LogP contribution in [0.2, 0.25) is 0 Å². The zero-order valence-corrected chi connectivity index (χ0v) is 10.9. The van der Waals surface area contributed by atoms with Crippen molar-refractivity contribution in [2.45, 2.75) is 13.3 Å². The van der Waals surface area contributed by atoms with Gasteiger partial charge in [0.2, 0.25) is 0 Å². The number of morpholine rings is 1. The molecule has 0 aromatic carbocycles. The largest absolute Gasteiger partial charge is 0.383 e. The van der Waals surface area contributed by atoms with Crippen LogP contribution in [0.3, 0.4) is 0 Å². The van der Waals surface area contributed by atoms with Gasteiger partial charge in [0.25, 0.3) is 0 Å². The molecule has 0 spiro atoms. The molecule has 1 aromatic heterocycles. The molecule has 6 nitrogen and oxygen atoms in total. The van der Waals surface area contributed by atoms with Crippen molar-refractivity contribution >= 4 is 11.6 Å². The molecule has 0 aliphatic carbocycles. The predicted octanol–water partition coefficient (Wildman–Crippen LogP) is 0.365. The Morgan fingerprint density at radius 1 is 1.39 bits per heavy atom. The third-order valence-corrected chi connectivity index (χ3v) is 3.16. The summed E-state index contributed by atoms with van der Waals surface area (Å²) in [7, 11) is 0. The zero-order valence-electron chi connectivity index (χ0n) is 10.9. The van der Waals surface area contributed by atoms with Crippen molar-refractivity contribution in [1.29, 1.82) is 0 Å². The molecular weight excluding hydrogens is 230 g/mol. The van der Waals surface area contributed by atoms with Gasteiger partial charge in [-0.05, 0) is 6.42 Å². The quantitative estimate of drug-likeness (QED) is 0.787. The van der Waals surface area contributed by atoms with E-state index in [1.54, 1.807) is 0 Å². The van der Waals surface area contributed by atoms with Crippen molar-refractivity contribution in [3.63, 3.8) is 0 Å². The van der Waals surface area contributed by atoms with Crippen molar-refractivity contribution in [3.8, 4) is 0 Å². The molecule has 100 valence electrons. The lowest BCUT2D eigenvalue weighted by Crippen LogP contribution is -2.39. The van der Waals surface area contributed by atoms with Gasteiger partial charge in [-0.15, -0.1) is 0 Å². The molecule has 1 saturated heterocycles. The van der Waals surface area contributed by atoms with Crippen molar-refractivity contribution in [1.82, 2.24) is 14.9 Å². The molecule has 0 unspecified atom stereocenters. The summed E-state index contributed by atoms with van der Waals surface area (Å²) in [5, 5.41) is 3.34. The summed E-state index contributed by atoms with van der Waals surface area (Å²) >= 11 is 0. The van der Waals surface area contributed by atoms with Crippen molar-refractivity contribution in [3.05, 3.63) is 11.9 Å². The highest BCUT2D eigenvalue weighted by molar-refractivity contribution is 5.54. The van der Waals surface area contributed by atoms with Crippen LogP contribution in [-0.2, 0) is 11.2 Å². The Morgan fingerprint density at radius 3 is 2.89 bits per heavy atom. The highest BCUT2D eigenvalue weighted by Gasteiger charge is 2.10. The van der Waals surface area contributed by atoms with Crippen LogP contribution in [0.15, 0.2) is 6.33 Å². The molecule has 1 fully saturated rings. The number of aromatic nitrogens is 2. The summed E-state index contributed by atoms with van der Waals surface area (Å²) in [4.78, 5) is 10.6. The Kier molecular flexibility index (Phi) is 4.72. The van der Waals surface area contributed by atoms with E-state index in [4.69, 9.17) is 10.5 Å².